The van der Waals surface area contributed by atoms with Gasteiger partial charge < -0.3 is 15.5 Å². The van der Waals surface area contributed by atoms with Crippen LogP contribution in [0.4, 0.5) is 0 Å². The third-order valence-corrected chi connectivity index (χ3v) is 3.73. The number of nitrogens with one attached hydrogen (secondary N) is 1. The Morgan fingerprint density at radius 2 is 1.70 bits per heavy atom. The van der Waals surface area contributed by atoms with E-state index in [0.29, 0.717) is 0 Å². The first kappa shape index (κ1) is 14.7. The normalized spacial score (nSPS) is 17.7. The Hall–Kier alpha value is -1.71. The Morgan fingerprint density at radius 1 is 1.00 bits per heavy atom. The molecule has 0 fully saturated rings. The Morgan fingerprint density at radius 3 is 2.45 bits per heavy atom. The minimum Gasteiger partial charge on any atom is -0.504 e. The van der Waals surface area contributed by atoms with E-state index in [2.05, 4.69) is 17.4 Å². The van der Waals surface area contributed by atoms with Crippen molar-refractivity contribution in [1.82, 2.24) is 5.32 Å². The van der Waals surface area contributed by atoms with Crippen LogP contribution in [0.1, 0.15) is 22.6 Å². The smallest absolute Gasteiger partial charge is 0.157 e. The predicted octanol–water partition coefficient (Wildman–Crippen LogP) is 2.80. The van der Waals surface area contributed by atoms with Crippen molar-refractivity contribution in [2.24, 2.45) is 0 Å². The van der Waals surface area contributed by atoms with Crippen LogP contribution in [0, 0.1) is 0 Å². The van der Waals surface area contributed by atoms with Crippen LogP contribution in [-0.4, -0.2) is 23.3 Å². The third kappa shape index (κ3) is 2.74. The molecule has 106 valence electrons. The van der Waals surface area contributed by atoms with Crippen molar-refractivity contribution in [1.29, 1.82) is 0 Å². The molecule has 0 amide bonds. The van der Waals surface area contributed by atoms with Gasteiger partial charge in [0.05, 0.1) is 0 Å². The average molecular weight is 292 g/mol. The maximum atomic E-state index is 9.76. The van der Waals surface area contributed by atoms with Gasteiger partial charge in [0.1, 0.15) is 0 Å². The van der Waals surface area contributed by atoms with Crippen molar-refractivity contribution >= 4 is 12.4 Å². The highest BCUT2D eigenvalue weighted by Gasteiger charge is 2.21. The molecule has 0 bridgehead atoms. The summed E-state index contributed by atoms with van der Waals surface area (Å²) in [5.74, 6) is 0.138. The molecule has 0 radical (unpaired) electrons. The fourth-order valence-electron chi connectivity index (χ4n) is 2.74. The number of hydrogen-bond donors (Lipinski definition) is 3. The maximum absolute atomic E-state index is 9.76. The van der Waals surface area contributed by atoms with Gasteiger partial charge in [0.15, 0.2) is 11.5 Å². The summed E-state index contributed by atoms with van der Waals surface area (Å²) in [5.41, 5.74) is 3.43. The Balaban J connectivity index is 0.00000147. The van der Waals surface area contributed by atoms with Crippen LogP contribution in [0.3, 0.4) is 0 Å². The number of phenolic OH excluding ortho intramolecular Hbond substituents is 2. The summed E-state index contributed by atoms with van der Waals surface area (Å²) < 4.78 is 0. The fraction of sp³-hybridized carbons (Fsp3) is 0.250. The molecule has 0 aromatic heterocycles. The molecule has 0 saturated carbocycles. The van der Waals surface area contributed by atoms with Gasteiger partial charge in [0, 0.05) is 12.5 Å². The van der Waals surface area contributed by atoms with Gasteiger partial charge in [-0.3, -0.25) is 0 Å². The van der Waals surface area contributed by atoms with Crippen molar-refractivity contribution in [3.8, 4) is 11.5 Å². The number of phenols is 2. The van der Waals surface area contributed by atoms with Crippen LogP contribution in [0.2, 0.25) is 0 Å². The molecule has 0 aliphatic carbocycles. The minimum atomic E-state index is -0.0402. The molecule has 2 aromatic rings. The second-order valence-electron chi connectivity index (χ2n) is 4.96. The van der Waals surface area contributed by atoms with Gasteiger partial charge in [0.25, 0.3) is 0 Å². The van der Waals surface area contributed by atoms with Crippen molar-refractivity contribution in [3.05, 3.63) is 59.2 Å². The molecule has 20 heavy (non-hydrogen) atoms. The van der Waals surface area contributed by atoms with Crippen LogP contribution < -0.4 is 5.32 Å². The van der Waals surface area contributed by atoms with Crippen molar-refractivity contribution in [3.63, 3.8) is 0 Å². The highest BCUT2D eigenvalue weighted by Crippen LogP contribution is 2.36. The molecule has 3 nitrogen and oxygen atoms in total. The van der Waals surface area contributed by atoms with E-state index >= 15 is 0 Å². The zero-order valence-corrected chi connectivity index (χ0v) is 11.9. The summed E-state index contributed by atoms with van der Waals surface area (Å²) in [7, 11) is 0. The molecule has 3 rings (SSSR count). The fourth-order valence-corrected chi connectivity index (χ4v) is 2.74. The largest absolute Gasteiger partial charge is 0.504 e. The Labute approximate surface area is 124 Å². The molecule has 2 aromatic carbocycles. The Bertz CT molecular complexity index is 587. The van der Waals surface area contributed by atoms with E-state index in [1.54, 1.807) is 12.1 Å². The summed E-state index contributed by atoms with van der Waals surface area (Å²) >= 11 is 0. The zero-order chi connectivity index (χ0) is 13.2. The molecular formula is C16H18ClNO2. The van der Waals surface area contributed by atoms with Gasteiger partial charge in [-0.1, -0.05) is 30.3 Å². The van der Waals surface area contributed by atoms with Crippen LogP contribution in [-0.2, 0) is 6.42 Å². The molecule has 1 aliphatic heterocycles. The maximum Gasteiger partial charge on any atom is 0.157 e. The van der Waals surface area contributed by atoms with Gasteiger partial charge in [-0.2, -0.15) is 0 Å². The highest BCUT2D eigenvalue weighted by atomic mass is 35.5. The third-order valence-electron chi connectivity index (χ3n) is 3.73. The number of fused-ring (bicyclic) bond motifs is 1. The van der Waals surface area contributed by atoms with Gasteiger partial charge in [0.2, 0.25) is 0 Å². The second-order valence-corrected chi connectivity index (χ2v) is 4.96. The number of benzene rings is 2. The van der Waals surface area contributed by atoms with Crippen LogP contribution in [0.5, 0.6) is 11.5 Å². The minimum absolute atomic E-state index is 0. The van der Waals surface area contributed by atoms with E-state index in [9.17, 15) is 10.2 Å². The monoisotopic (exact) mass is 291 g/mol. The zero-order valence-electron chi connectivity index (χ0n) is 11.0. The van der Waals surface area contributed by atoms with Crippen LogP contribution in [0.15, 0.2) is 42.5 Å². The van der Waals surface area contributed by atoms with E-state index in [1.165, 1.54) is 5.56 Å². The number of halogens is 1. The molecule has 1 aliphatic rings. The van der Waals surface area contributed by atoms with E-state index in [1.807, 2.05) is 18.2 Å². The van der Waals surface area contributed by atoms with Gasteiger partial charge in [-0.05, 0) is 41.8 Å². The molecule has 4 heteroatoms. The number of aromatic hydroxyl groups is 2. The lowest BCUT2D eigenvalue weighted by atomic mass is 9.88. The molecule has 0 spiro atoms. The van der Waals surface area contributed by atoms with E-state index in [0.717, 1.165) is 30.6 Å². The first-order valence-corrected chi connectivity index (χ1v) is 6.56. The molecule has 1 atom stereocenters. The van der Waals surface area contributed by atoms with E-state index < -0.39 is 0 Å². The second kappa shape index (κ2) is 6.16. The highest BCUT2D eigenvalue weighted by molar-refractivity contribution is 5.85. The lowest BCUT2D eigenvalue weighted by Gasteiger charge is -2.18. The summed E-state index contributed by atoms with van der Waals surface area (Å²) in [6.07, 6.45) is 0.868. The molecular weight excluding hydrogens is 274 g/mol. The van der Waals surface area contributed by atoms with Gasteiger partial charge >= 0.3 is 0 Å². The lowest BCUT2D eigenvalue weighted by molar-refractivity contribution is 0.402. The van der Waals surface area contributed by atoms with Gasteiger partial charge in [-0.15, -0.1) is 12.4 Å². The molecule has 0 unspecified atom stereocenters. The lowest BCUT2D eigenvalue weighted by Crippen LogP contribution is -2.20. The summed E-state index contributed by atoms with van der Waals surface area (Å²) in [6, 6.07) is 13.7. The molecule has 3 N–H and O–H groups in total. The summed E-state index contributed by atoms with van der Waals surface area (Å²) in [6.45, 7) is 1.74. The standard InChI is InChI=1S/C16H17NO2.ClH/c18-15-8-12-6-7-17-10-14(13(12)9-16(15)19)11-4-2-1-3-5-11;/h1-5,8-9,14,17-19H,6-7,10H2;1H/t14-;/m1./s1. The summed E-state index contributed by atoms with van der Waals surface area (Å²) in [5, 5.41) is 22.8. The first-order valence-electron chi connectivity index (χ1n) is 6.56. The number of rotatable bonds is 1. The molecule has 0 saturated heterocycles. The van der Waals surface area contributed by atoms with Crippen LogP contribution in [0.25, 0.3) is 0 Å². The van der Waals surface area contributed by atoms with E-state index in [-0.39, 0.29) is 29.8 Å². The van der Waals surface area contributed by atoms with Crippen molar-refractivity contribution < 1.29 is 10.2 Å². The van der Waals surface area contributed by atoms with Crippen molar-refractivity contribution in [2.75, 3.05) is 13.1 Å². The van der Waals surface area contributed by atoms with Crippen molar-refractivity contribution in [2.45, 2.75) is 12.3 Å². The summed E-state index contributed by atoms with van der Waals surface area (Å²) in [4.78, 5) is 0. The first-order chi connectivity index (χ1) is 9.25. The average Bonchev–Trinajstić information content (AvgIpc) is 2.63. The van der Waals surface area contributed by atoms with Crippen LogP contribution >= 0.6 is 12.4 Å². The Kier molecular flexibility index (Phi) is 4.53. The molecule has 1 heterocycles. The topological polar surface area (TPSA) is 52.5 Å². The predicted molar refractivity (Wildman–Crippen MR) is 81.9 cm³/mol. The van der Waals surface area contributed by atoms with E-state index in [4.69, 9.17) is 0 Å². The quantitative estimate of drug-likeness (QED) is 0.708. The van der Waals surface area contributed by atoms with Gasteiger partial charge in [-0.25, -0.2) is 0 Å². The SMILES string of the molecule is Cl.Oc1cc2c(cc1O)[C@@H](c1ccccc1)CNCC2. The number of hydrogen-bond acceptors (Lipinski definition) is 3.